The van der Waals surface area contributed by atoms with Crippen molar-refractivity contribution in [3.05, 3.63) is 24.3 Å². The van der Waals surface area contributed by atoms with Crippen LogP contribution < -0.4 is 5.32 Å². The highest BCUT2D eigenvalue weighted by atomic mass is 16.5. The van der Waals surface area contributed by atoms with E-state index in [0.717, 1.165) is 44.9 Å². The molecular formula is C71H137NO5. The largest absolute Gasteiger partial charge is 0.466 e. The zero-order valence-corrected chi connectivity index (χ0v) is 52.2. The zero-order valence-electron chi connectivity index (χ0n) is 52.2. The number of carbonyl (C=O) groups excluding carboxylic acids is 2. The Morgan fingerprint density at radius 2 is 0.610 bits per heavy atom. The molecule has 2 atom stereocenters. The number of amides is 1. The summed E-state index contributed by atoms with van der Waals surface area (Å²) in [5, 5.41) is 23.0. The summed E-state index contributed by atoms with van der Waals surface area (Å²) in [6.45, 7) is 4.90. The van der Waals surface area contributed by atoms with Gasteiger partial charge in [-0.1, -0.05) is 346 Å². The Morgan fingerprint density at radius 1 is 0.351 bits per heavy atom. The van der Waals surface area contributed by atoms with E-state index in [1.54, 1.807) is 6.08 Å². The van der Waals surface area contributed by atoms with Gasteiger partial charge in [-0.2, -0.15) is 0 Å². The maximum absolute atomic E-state index is 12.4. The third kappa shape index (κ3) is 63.4. The SMILES string of the molecule is CCCCCCCCC/C=C\CCCCCCCC(=O)OCCCCCCCCCCCCCCCCCCCCCCCCCCCCCCCCCCCCCC(=O)NC(CO)C(O)/C=C/CCCCCCCCC. The van der Waals surface area contributed by atoms with Gasteiger partial charge < -0.3 is 20.3 Å². The number of nitrogens with one attached hydrogen (secondary N) is 1. The lowest BCUT2D eigenvalue weighted by molar-refractivity contribution is -0.143. The molecule has 1 amide bonds. The van der Waals surface area contributed by atoms with Crippen LogP contribution in [-0.4, -0.2) is 47.4 Å². The molecule has 6 nitrogen and oxygen atoms in total. The molecule has 0 saturated heterocycles. The highest BCUT2D eigenvalue weighted by molar-refractivity contribution is 5.76. The smallest absolute Gasteiger partial charge is 0.305 e. The standard InChI is InChI=1S/C71H137NO5/c1-3-5-7-9-11-13-14-15-16-39-42-45-49-53-57-61-65-71(76)77-66-62-58-54-50-46-43-40-37-35-33-31-29-27-25-23-21-19-17-18-20-22-24-26-28-30-32-34-36-38-41-44-48-52-56-60-64-70(75)72-68(67-73)69(74)63-59-55-51-47-12-10-8-6-4-2/h16,39,59,63,68-69,73-74H,3-15,17-38,40-58,60-62,64-67H2,1-2H3,(H,72,75)/b39-16-,63-59+. The number of esters is 1. The van der Waals surface area contributed by atoms with Crippen molar-refractivity contribution in [2.45, 2.75) is 405 Å². The number of aliphatic hydroxyl groups excluding tert-OH is 2. The Labute approximate surface area is 481 Å². The van der Waals surface area contributed by atoms with Crippen LogP contribution in [0.25, 0.3) is 0 Å². The summed E-state index contributed by atoms with van der Waals surface area (Å²) >= 11 is 0. The average Bonchev–Trinajstić information content (AvgIpc) is 3.43. The van der Waals surface area contributed by atoms with E-state index in [1.165, 1.54) is 321 Å². The van der Waals surface area contributed by atoms with Crippen LogP contribution in [0.4, 0.5) is 0 Å². The number of carbonyl (C=O) groups is 2. The summed E-state index contributed by atoms with van der Waals surface area (Å²) in [6.07, 6.45) is 84.3. The Hall–Kier alpha value is -1.66. The number of aliphatic hydroxyl groups is 2. The topological polar surface area (TPSA) is 95.9 Å². The molecule has 0 aliphatic carbocycles. The lowest BCUT2D eigenvalue weighted by atomic mass is 10.0. The van der Waals surface area contributed by atoms with Crippen LogP contribution >= 0.6 is 0 Å². The number of unbranched alkanes of at least 4 members (excludes halogenated alkanes) is 53. The van der Waals surface area contributed by atoms with Crippen molar-refractivity contribution >= 4 is 11.9 Å². The number of rotatable bonds is 66. The van der Waals surface area contributed by atoms with Gasteiger partial charge in [0.05, 0.1) is 25.4 Å². The van der Waals surface area contributed by atoms with Gasteiger partial charge in [0, 0.05) is 12.8 Å². The van der Waals surface area contributed by atoms with Crippen LogP contribution in [0.5, 0.6) is 0 Å². The number of hydrogen-bond acceptors (Lipinski definition) is 5. The maximum Gasteiger partial charge on any atom is 0.305 e. The highest BCUT2D eigenvalue weighted by Crippen LogP contribution is 2.19. The Balaban J connectivity index is 3.28. The van der Waals surface area contributed by atoms with Crippen LogP contribution in [-0.2, 0) is 14.3 Å². The van der Waals surface area contributed by atoms with Crippen LogP contribution in [0, 0.1) is 0 Å². The van der Waals surface area contributed by atoms with E-state index in [4.69, 9.17) is 4.74 Å². The lowest BCUT2D eigenvalue weighted by Gasteiger charge is -2.20. The molecule has 0 aromatic carbocycles. The predicted octanol–water partition coefficient (Wildman–Crippen LogP) is 22.5. The molecule has 2 unspecified atom stereocenters. The summed E-state index contributed by atoms with van der Waals surface area (Å²) in [5.41, 5.74) is 0. The first-order chi connectivity index (χ1) is 38.0. The molecule has 0 fully saturated rings. The highest BCUT2D eigenvalue weighted by Gasteiger charge is 2.18. The van der Waals surface area contributed by atoms with Crippen LogP contribution in [0.15, 0.2) is 24.3 Å². The molecule has 0 aromatic heterocycles. The van der Waals surface area contributed by atoms with Gasteiger partial charge in [-0.15, -0.1) is 0 Å². The van der Waals surface area contributed by atoms with Gasteiger partial charge in [-0.05, 0) is 57.8 Å². The summed E-state index contributed by atoms with van der Waals surface area (Å²) in [7, 11) is 0. The molecule has 0 aromatic rings. The average molecular weight is 1080 g/mol. The van der Waals surface area contributed by atoms with E-state index in [9.17, 15) is 19.8 Å². The predicted molar refractivity (Wildman–Crippen MR) is 338 cm³/mol. The second-order valence-corrected chi connectivity index (χ2v) is 24.2. The lowest BCUT2D eigenvalue weighted by Crippen LogP contribution is -2.45. The van der Waals surface area contributed by atoms with Gasteiger partial charge in [0.1, 0.15) is 0 Å². The van der Waals surface area contributed by atoms with Gasteiger partial charge in [0.15, 0.2) is 0 Å². The molecule has 0 aliphatic rings. The Morgan fingerprint density at radius 3 is 0.922 bits per heavy atom. The fraction of sp³-hybridized carbons (Fsp3) is 0.915. The van der Waals surface area contributed by atoms with Crippen molar-refractivity contribution < 1.29 is 24.5 Å². The Bertz CT molecular complexity index is 1200. The van der Waals surface area contributed by atoms with Gasteiger partial charge in [0.25, 0.3) is 0 Å². The molecule has 0 bridgehead atoms. The van der Waals surface area contributed by atoms with Crippen molar-refractivity contribution in [1.82, 2.24) is 5.32 Å². The van der Waals surface area contributed by atoms with Crippen molar-refractivity contribution in [3.8, 4) is 0 Å². The van der Waals surface area contributed by atoms with Crippen molar-refractivity contribution in [2.24, 2.45) is 0 Å². The third-order valence-electron chi connectivity index (χ3n) is 16.5. The molecule has 0 rings (SSSR count). The van der Waals surface area contributed by atoms with Gasteiger partial charge in [-0.25, -0.2) is 0 Å². The van der Waals surface area contributed by atoms with Crippen molar-refractivity contribution in [2.75, 3.05) is 13.2 Å². The summed E-state index contributed by atoms with van der Waals surface area (Å²) in [6, 6.07) is -0.621. The zero-order chi connectivity index (χ0) is 55.7. The summed E-state index contributed by atoms with van der Waals surface area (Å²) < 4.78 is 5.50. The fourth-order valence-corrected chi connectivity index (χ4v) is 11.1. The second kappa shape index (κ2) is 66.8. The molecule has 456 valence electrons. The van der Waals surface area contributed by atoms with Crippen LogP contribution in [0.1, 0.15) is 393 Å². The van der Waals surface area contributed by atoms with Crippen molar-refractivity contribution in [3.63, 3.8) is 0 Å². The minimum atomic E-state index is -0.838. The first-order valence-electron chi connectivity index (χ1n) is 35.1. The van der Waals surface area contributed by atoms with E-state index in [1.807, 2.05) is 6.08 Å². The Kier molecular flexibility index (Phi) is 65.4. The minimum absolute atomic E-state index is 0.0154. The molecule has 0 spiro atoms. The third-order valence-corrected chi connectivity index (χ3v) is 16.5. The molecule has 0 saturated carbocycles. The fourth-order valence-electron chi connectivity index (χ4n) is 11.1. The number of ether oxygens (including phenoxy) is 1. The number of allylic oxidation sites excluding steroid dienone is 3. The van der Waals surface area contributed by atoms with E-state index < -0.39 is 12.1 Å². The molecule has 0 aliphatic heterocycles. The monoisotopic (exact) mass is 1080 g/mol. The van der Waals surface area contributed by atoms with E-state index in [0.29, 0.717) is 19.4 Å². The molecular weight excluding hydrogens is 947 g/mol. The van der Waals surface area contributed by atoms with Crippen LogP contribution in [0.3, 0.4) is 0 Å². The summed E-state index contributed by atoms with van der Waals surface area (Å²) in [5.74, 6) is -0.0485. The minimum Gasteiger partial charge on any atom is -0.466 e. The number of hydrogen-bond donors (Lipinski definition) is 3. The van der Waals surface area contributed by atoms with Gasteiger partial charge >= 0.3 is 5.97 Å². The normalized spacial score (nSPS) is 12.6. The molecule has 6 heteroatoms. The molecule has 0 radical (unpaired) electrons. The first-order valence-corrected chi connectivity index (χ1v) is 35.1. The van der Waals surface area contributed by atoms with Gasteiger partial charge in [0.2, 0.25) is 5.91 Å². The van der Waals surface area contributed by atoms with Crippen molar-refractivity contribution in [1.29, 1.82) is 0 Å². The van der Waals surface area contributed by atoms with Crippen LogP contribution in [0.2, 0.25) is 0 Å². The summed E-state index contributed by atoms with van der Waals surface area (Å²) in [4.78, 5) is 24.5. The molecule has 3 N–H and O–H groups in total. The quantitative estimate of drug-likeness (QED) is 0.0320. The van der Waals surface area contributed by atoms with E-state index >= 15 is 0 Å². The maximum atomic E-state index is 12.4. The molecule has 0 heterocycles. The molecule has 77 heavy (non-hydrogen) atoms. The second-order valence-electron chi connectivity index (χ2n) is 24.2. The van der Waals surface area contributed by atoms with Gasteiger partial charge in [-0.3, -0.25) is 9.59 Å². The first kappa shape index (κ1) is 75.3. The van der Waals surface area contributed by atoms with E-state index in [2.05, 4.69) is 31.3 Å². The van der Waals surface area contributed by atoms with E-state index in [-0.39, 0.29) is 18.5 Å².